The van der Waals surface area contributed by atoms with Crippen LogP contribution in [0.1, 0.15) is 64.2 Å². The van der Waals surface area contributed by atoms with Gasteiger partial charge in [0, 0.05) is 42.1 Å². The van der Waals surface area contributed by atoms with Gasteiger partial charge in [0.15, 0.2) is 0 Å². The Balaban J connectivity index is 1.83. The number of aliphatic hydroxyl groups is 3. The van der Waals surface area contributed by atoms with Crippen molar-refractivity contribution in [2.75, 3.05) is 6.61 Å². The van der Waals surface area contributed by atoms with Crippen LogP contribution in [0.5, 0.6) is 0 Å². The summed E-state index contributed by atoms with van der Waals surface area (Å²) in [7, 11) is 0. The van der Waals surface area contributed by atoms with E-state index in [-0.39, 0.29) is 24.2 Å². The zero-order valence-corrected chi connectivity index (χ0v) is 22.3. The average molecular weight is 530 g/mol. The molecule has 0 amide bonds. The molecular formula is C28H35NO9. The lowest BCUT2D eigenvalue weighted by molar-refractivity contribution is -0.291. The molecule has 38 heavy (non-hydrogen) atoms. The second-order valence-electron chi connectivity index (χ2n) is 11.1. The summed E-state index contributed by atoms with van der Waals surface area (Å²) >= 11 is 0. The maximum absolute atomic E-state index is 13.1. The number of fused-ring (bicyclic) bond motifs is 1. The fraction of sp³-hybridized carbons (Fsp3) is 0.571. The maximum Gasteiger partial charge on any atom is 0.373 e. The number of pyridine rings is 1. The average Bonchev–Trinajstić information content (AvgIpc) is 3.19. The number of esters is 3. The summed E-state index contributed by atoms with van der Waals surface area (Å²) in [6, 6.07) is 3.15. The van der Waals surface area contributed by atoms with Crippen molar-refractivity contribution in [3.63, 3.8) is 0 Å². The summed E-state index contributed by atoms with van der Waals surface area (Å²) < 4.78 is 16.7. The molecule has 4 rings (SSSR count). The number of nitrogens with zero attached hydrogens (tertiary/aromatic N) is 1. The number of carbonyl (C=O) groups excluding carboxylic acids is 3. The normalized spacial score (nSPS) is 35.6. The van der Waals surface area contributed by atoms with Crippen molar-refractivity contribution in [3.05, 3.63) is 53.1 Å². The van der Waals surface area contributed by atoms with Crippen molar-refractivity contribution in [1.82, 2.24) is 4.98 Å². The quantitative estimate of drug-likeness (QED) is 0.285. The zero-order chi connectivity index (χ0) is 28.0. The summed E-state index contributed by atoms with van der Waals surface area (Å²) in [6.07, 6.45) is 2.23. The molecule has 0 bridgehead atoms. The number of aromatic nitrogens is 1. The fourth-order valence-corrected chi connectivity index (χ4v) is 6.69. The highest BCUT2D eigenvalue weighted by Gasteiger charge is 2.71. The second kappa shape index (κ2) is 9.81. The summed E-state index contributed by atoms with van der Waals surface area (Å²) in [5, 5.41) is 34.1. The van der Waals surface area contributed by atoms with E-state index >= 15 is 0 Å². The van der Waals surface area contributed by atoms with Gasteiger partial charge in [-0.1, -0.05) is 25.5 Å². The highest BCUT2D eigenvalue weighted by atomic mass is 16.6. The first-order chi connectivity index (χ1) is 17.8. The lowest BCUT2D eigenvalue weighted by atomic mass is 9.43. The van der Waals surface area contributed by atoms with Crippen molar-refractivity contribution in [3.8, 4) is 0 Å². The van der Waals surface area contributed by atoms with E-state index in [2.05, 4.69) is 4.98 Å². The summed E-state index contributed by atoms with van der Waals surface area (Å²) in [4.78, 5) is 41.2. The zero-order valence-electron chi connectivity index (χ0n) is 22.3. The monoisotopic (exact) mass is 529 g/mol. The predicted molar refractivity (Wildman–Crippen MR) is 134 cm³/mol. The van der Waals surface area contributed by atoms with E-state index in [4.69, 9.17) is 14.2 Å². The molecule has 0 saturated heterocycles. The molecule has 3 N–H and O–H groups in total. The van der Waals surface area contributed by atoms with Crippen LogP contribution in [0.4, 0.5) is 0 Å². The molecule has 1 fully saturated rings. The van der Waals surface area contributed by atoms with Crippen molar-refractivity contribution < 1.29 is 43.9 Å². The molecule has 1 aromatic rings. The van der Waals surface area contributed by atoms with E-state index in [1.54, 1.807) is 19.1 Å². The SMILES string of the molecule is CC(=O)OC(CC1=C(O)C(=O)OC1)C1(C)C2CCC=C(C)C2(C)C(OC(=O)c2cccnc2)C(O)C1(C)O. The smallest absolute Gasteiger partial charge is 0.373 e. The molecule has 7 atom stereocenters. The van der Waals surface area contributed by atoms with Crippen LogP contribution < -0.4 is 0 Å². The Hall–Kier alpha value is -3.24. The Morgan fingerprint density at radius 3 is 2.58 bits per heavy atom. The van der Waals surface area contributed by atoms with E-state index < -0.39 is 64.3 Å². The van der Waals surface area contributed by atoms with Crippen LogP contribution >= 0.6 is 0 Å². The lowest BCUT2D eigenvalue weighted by Gasteiger charge is -2.66. The molecule has 10 heteroatoms. The number of aliphatic hydroxyl groups excluding tert-OH is 2. The van der Waals surface area contributed by atoms with Gasteiger partial charge in [0.25, 0.3) is 0 Å². The fourth-order valence-electron chi connectivity index (χ4n) is 6.69. The van der Waals surface area contributed by atoms with Gasteiger partial charge in [-0.2, -0.15) is 0 Å². The van der Waals surface area contributed by atoms with Crippen LogP contribution in [0.15, 0.2) is 47.5 Å². The van der Waals surface area contributed by atoms with Gasteiger partial charge < -0.3 is 29.5 Å². The van der Waals surface area contributed by atoms with Gasteiger partial charge in [-0.3, -0.25) is 9.78 Å². The van der Waals surface area contributed by atoms with Crippen LogP contribution in [0.2, 0.25) is 0 Å². The molecule has 0 radical (unpaired) electrons. The Morgan fingerprint density at radius 2 is 2.00 bits per heavy atom. The molecule has 2 aliphatic carbocycles. The molecule has 1 saturated carbocycles. The highest BCUT2D eigenvalue weighted by Crippen LogP contribution is 2.64. The van der Waals surface area contributed by atoms with E-state index in [1.165, 1.54) is 26.2 Å². The first-order valence-corrected chi connectivity index (χ1v) is 12.7. The number of hydrogen-bond acceptors (Lipinski definition) is 10. The summed E-state index contributed by atoms with van der Waals surface area (Å²) in [5.41, 5.74) is -2.89. The molecule has 2 heterocycles. The number of hydrogen-bond donors (Lipinski definition) is 3. The number of ether oxygens (including phenoxy) is 3. The molecule has 206 valence electrons. The molecule has 1 aliphatic heterocycles. The molecule has 7 unspecified atom stereocenters. The number of cyclic esters (lactones) is 1. The molecule has 3 aliphatic rings. The van der Waals surface area contributed by atoms with Gasteiger partial charge in [-0.15, -0.1) is 0 Å². The Bertz CT molecular complexity index is 1190. The van der Waals surface area contributed by atoms with E-state index in [9.17, 15) is 29.7 Å². The van der Waals surface area contributed by atoms with Crippen molar-refractivity contribution in [2.24, 2.45) is 16.7 Å². The predicted octanol–water partition coefficient (Wildman–Crippen LogP) is 2.79. The van der Waals surface area contributed by atoms with Crippen LogP contribution in [-0.4, -0.2) is 68.7 Å². The molecule has 0 spiro atoms. The molecule has 0 aromatic carbocycles. The van der Waals surface area contributed by atoms with Gasteiger partial charge in [-0.05, 0) is 44.7 Å². The second-order valence-corrected chi connectivity index (χ2v) is 11.1. The minimum Gasteiger partial charge on any atom is -0.502 e. The van der Waals surface area contributed by atoms with Crippen LogP contribution in [-0.2, 0) is 23.8 Å². The van der Waals surface area contributed by atoms with E-state index in [1.807, 2.05) is 19.9 Å². The minimum absolute atomic E-state index is 0.0913. The first kappa shape index (κ1) is 27.8. The maximum atomic E-state index is 13.1. The highest BCUT2D eigenvalue weighted by molar-refractivity contribution is 5.89. The van der Waals surface area contributed by atoms with Gasteiger partial charge in [0.2, 0.25) is 5.76 Å². The standard InChI is InChI=1S/C28H35NO9/c1-15-8-6-10-19-26(15,3)23(38-24(33)17-9-7-11-29-13-17)22(32)28(5,35)27(19,4)20(37-16(2)30)12-18-14-36-25(34)21(18)31/h7-9,11,13,19-20,22-23,31-32,35H,6,10,12,14H2,1-5H3. The Morgan fingerprint density at radius 1 is 1.29 bits per heavy atom. The van der Waals surface area contributed by atoms with Crippen molar-refractivity contribution in [1.29, 1.82) is 0 Å². The summed E-state index contributed by atoms with van der Waals surface area (Å²) in [6.45, 7) is 8.01. The van der Waals surface area contributed by atoms with Gasteiger partial charge in [-0.25, -0.2) is 9.59 Å². The number of carbonyl (C=O) groups is 3. The third kappa shape index (κ3) is 4.19. The third-order valence-corrected chi connectivity index (χ3v) is 9.19. The number of rotatable bonds is 6. The largest absolute Gasteiger partial charge is 0.502 e. The Kier molecular flexibility index (Phi) is 7.18. The summed E-state index contributed by atoms with van der Waals surface area (Å²) in [5.74, 6) is -3.18. The molecular weight excluding hydrogens is 494 g/mol. The van der Waals surface area contributed by atoms with Crippen LogP contribution in [0.3, 0.4) is 0 Å². The van der Waals surface area contributed by atoms with E-state index in [0.29, 0.717) is 12.8 Å². The van der Waals surface area contributed by atoms with Gasteiger partial charge >= 0.3 is 17.9 Å². The van der Waals surface area contributed by atoms with E-state index in [0.717, 1.165) is 5.57 Å². The van der Waals surface area contributed by atoms with Gasteiger partial charge in [0.1, 0.15) is 30.5 Å². The van der Waals surface area contributed by atoms with Crippen LogP contribution in [0.25, 0.3) is 0 Å². The van der Waals surface area contributed by atoms with Crippen molar-refractivity contribution in [2.45, 2.75) is 77.8 Å². The third-order valence-electron chi connectivity index (χ3n) is 9.19. The topological polar surface area (TPSA) is 152 Å². The van der Waals surface area contributed by atoms with Crippen LogP contribution in [0, 0.1) is 16.7 Å². The molecule has 10 nitrogen and oxygen atoms in total. The molecule has 1 aromatic heterocycles. The minimum atomic E-state index is -1.94. The lowest BCUT2D eigenvalue weighted by Crippen LogP contribution is -2.75. The Labute approximate surface area is 221 Å². The first-order valence-electron chi connectivity index (χ1n) is 12.7. The number of allylic oxidation sites excluding steroid dienone is 1. The van der Waals surface area contributed by atoms with Crippen molar-refractivity contribution >= 4 is 17.9 Å². The van der Waals surface area contributed by atoms with Gasteiger partial charge in [0.05, 0.1) is 5.56 Å².